The molecule has 0 aliphatic carbocycles. The minimum atomic E-state index is -0.520. The van der Waals surface area contributed by atoms with Crippen LogP contribution in [0.3, 0.4) is 0 Å². The number of rotatable bonds is 11. The zero-order valence-electron chi connectivity index (χ0n) is 18.2. The minimum Gasteiger partial charge on any atom is -0.352 e. The Kier molecular flexibility index (Phi) is 10.7. The van der Waals surface area contributed by atoms with E-state index in [0.29, 0.717) is 34.5 Å². The first-order valence-corrected chi connectivity index (χ1v) is 12.4. The summed E-state index contributed by atoms with van der Waals surface area (Å²) < 4.78 is 0. The van der Waals surface area contributed by atoms with Crippen LogP contribution in [0.5, 0.6) is 0 Å². The van der Waals surface area contributed by atoms with Crippen molar-refractivity contribution in [1.82, 2.24) is 10.2 Å². The number of thioether (sulfide) groups is 1. The largest absolute Gasteiger partial charge is 0.352 e. The molecule has 4 nitrogen and oxygen atoms in total. The van der Waals surface area contributed by atoms with Crippen molar-refractivity contribution in [3.05, 3.63) is 69.7 Å². The molecule has 2 atom stereocenters. The molecule has 2 rings (SSSR count). The summed E-state index contributed by atoms with van der Waals surface area (Å²) in [6, 6.07) is 14.5. The molecular formula is C24H30Cl2N2O2S. The molecular weight excluding hydrogens is 451 g/mol. The maximum Gasteiger partial charge on any atom is 0.243 e. The number of carbonyl (C=O) groups excluding carboxylic acids is 2. The number of nitrogens with one attached hydrogen (secondary N) is 1. The van der Waals surface area contributed by atoms with Crippen LogP contribution in [-0.4, -0.2) is 34.6 Å². The standard InChI is InChI=1S/C24H30Cl2N2O2S/c1-4-17(3)27-24(30)22(5-2)28(14-18-6-10-20(25)11-7-18)23(29)16-31-15-19-8-12-21(26)13-9-19/h6-13,17,22H,4-5,14-16H2,1-3H3,(H,27,30)/t17-,22-/m1/s1. The molecule has 0 aromatic heterocycles. The van der Waals surface area contributed by atoms with Crippen LogP contribution in [0.25, 0.3) is 0 Å². The summed E-state index contributed by atoms with van der Waals surface area (Å²) in [5.74, 6) is 0.832. The second-order valence-electron chi connectivity index (χ2n) is 7.51. The maximum atomic E-state index is 13.2. The minimum absolute atomic E-state index is 0.0555. The van der Waals surface area contributed by atoms with Gasteiger partial charge in [0.05, 0.1) is 5.75 Å². The van der Waals surface area contributed by atoms with Gasteiger partial charge in [-0.15, -0.1) is 11.8 Å². The smallest absolute Gasteiger partial charge is 0.243 e. The third-order valence-corrected chi connectivity index (χ3v) is 6.55. The molecule has 0 heterocycles. The summed E-state index contributed by atoms with van der Waals surface area (Å²) in [5, 5.41) is 4.36. The number of amides is 2. The van der Waals surface area contributed by atoms with Crippen molar-refractivity contribution >= 4 is 46.8 Å². The Morgan fingerprint density at radius 3 is 2.00 bits per heavy atom. The highest BCUT2D eigenvalue weighted by molar-refractivity contribution is 7.99. The summed E-state index contributed by atoms with van der Waals surface area (Å²) in [6.45, 7) is 6.29. The fourth-order valence-electron chi connectivity index (χ4n) is 3.07. The van der Waals surface area contributed by atoms with Gasteiger partial charge in [-0.05, 0) is 55.2 Å². The average molecular weight is 481 g/mol. The first-order valence-electron chi connectivity index (χ1n) is 10.5. The predicted molar refractivity (Wildman–Crippen MR) is 132 cm³/mol. The molecule has 1 N–H and O–H groups in total. The van der Waals surface area contributed by atoms with Crippen LogP contribution in [0.2, 0.25) is 10.0 Å². The second kappa shape index (κ2) is 13.0. The van der Waals surface area contributed by atoms with Crippen LogP contribution >= 0.6 is 35.0 Å². The van der Waals surface area contributed by atoms with Crippen LogP contribution in [0.4, 0.5) is 0 Å². The Bertz CT molecular complexity index is 844. The fraction of sp³-hybridized carbons (Fsp3) is 0.417. The van der Waals surface area contributed by atoms with Crippen LogP contribution in [0.1, 0.15) is 44.7 Å². The molecule has 0 radical (unpaired) electrons. The quantitative estimate of drug-likeness (QED) is 0.432. The normalized spacial score (nSPS) is 12.8. The Hall–Kier alpha value is -1.69. The van der Waals surface area contributed by atoms with E-state index in [1.165, 1.54) is 11.8 Å². The first kappa shape index (κ1) is 25.6. The fourth-order valence-corrected chi connectivity index (χ4v) is 4.19. The molecule has 0 saturated heterocycles. The topological polar surface area (TPSA) is 49.4 Å². The van der Waals surface area contributed by atoms with Gasteiger partial charge in [-0.3, -0.25) is 9.59 Å². The van der Waals surface area contributed by atoms with Crippen molar-refractivity contribution in [2.24, 2.45) is 0 Å². The maximum absolute atomic E-state index is 13.2. The molecule has 0 bridgehead atoms. The van der Waals surface area contributed by atoms with Gasteiger partial charge in [0.1, 0.15) is 6.04 Å². The highest BCUT2D eigenvalue weighted by Gasteiger charge is 2.29. The van der Waals surface area contributed by atoms with E-state index in [1.807, 2.05) is 57.2 Å². The van der Waals surface area contributed by atoms with Crippen molar-refractivity contribution in [3.63, 3.8) is 0 Å². The molecule has 2 aromatic carbocycles. The Morgan fingerprint density at radius 1 is 0.935 bits per heavy atom. The SMILES string of the molecule is CC[C@@H](C)NC(=O)[C@@H](CC)N(Cc1ccc(Cl)cc1)C(=O)CSCc1ccc(Cl)cc1. The Morgan fingerprint density at radius 2 is 1.48 bits per heavy atom. The zero-order valence-corrected chi connectivity index (χ0v) is 20.6. The first-order chi connectivity index (χ1) is 14.8. The third-order valence-electron chi connectivity index (χ3n) is 5.06. The molecule has 168 valence electrons. The summed E-state index contributed by atoms with van der Waals surface area (Å²) in [7, 11) is 0. The van der Waals surface area contributed by atoms with Crippen LogP contribution in [0, 0.1) is 0 Å². The number of hydrogen-bond donors (Lipinski definition) is 1. The molecule has 0 aliphatic rings. The summed E-state index contributed by atoms with van der Waals surface area (Å²) in [5.41, 5.74) is 2.04. The molecule has 2 aromatic rings. The van der Waals surface area contributed by atoms with Gasteiger partial charge in [-0.1, -0.05) is 61.3 Å². The van der Waals surface area contributed by atoms with E-state index in [1.54, 1.807) is 17.0 Å². The van der Waals surface area contributed by atoms with E-state index >= 15 is 0 Å². The van der Waals surface area contributed by atoms with Crippen molar-refractivity contribution in [2.45, 2.75) is 58.0 Å². The van der Waals surface area contributed by atoms with E-state index in [2.05, 4.69) is 5.32 Å². The molecule has 0 saturated carbocycles. The van der Waals surface area contributed by atoms with Gasteiger partial charge >= 0.3 is 0 Å². The molecule has 31 heavy (non-hydrogen) atoms. The molecule has 0 spiro atoms. The lowest BCUT2D eigenvalue weighted by molar-refractivity contribution is -0.139. The average Bonchev–Trinajstić information content (AvgIpc) is 2.76. The molecule has 0 fully saturated rings. The van der Waals surface area contributed by atoms with Crippen LogP contribution in [0.15, 0.2) is 48.5 Å². The van der Waals surface area contributed by atoms with Gasteiger partial charge in [0.25, 0.3) is 0 Å². The van der Waals surface area contributed by atoms with Crippen LogP contribution in [-0.2, 0) is 21.9 Å². The monoisotopic (exact) mass is 480 g/mol. The molecule has 0 aliphatic heterocycles. The Balaban J connectivity index is 2.12. The van der Waals surface area contributed by atoms with Crippen LogP contribution < -0.4 is 5.32 Å². The van der Waals surface area contributed by atoms with E-state index in [9.17, 15) is 9.59 Å². The van der Waals surface area contributed by atoms with E-state index in [0.717, 1.165) is 17.5 Å². The van der Waals surface area contributed by atoms with Gasteiger partial charge in [0, 0.05) is 28.4 Å². The van der Waals surface area contributed by atoms with Crippen molar-refractivity contribution in [3.8, 4) is 0 Å². The number of halogens is 2. The second-order valence-corrected chi connectivity index (χ2v) is 9.37. The summed E-state index contributed by atoms with van der Waals surface area (Å²) in [4.78, 5) is 27.8. The van der Waals surface area contributed by atoms with Crippen molar-refractivity contribution < 1.29 is 9.59 Å². The number of carbonyl (C=O) groups is 2. The predicted octanol–water partition coefficient (Wildman–Crippen LogP) is 5.95. The Labute approximate surface area is 199 Å². The lowest BCUT2D eigenvalue weighted by atomic mass is 10.1. The lowest BCUT2D eigenvalue weighted by Crippen LogP contribution is -2.51. The summed E-state index contributed by atoms with van der Waals surface area (Å²) in [6.07, 6.45) is 1.38. The van der Waals surface area contributed by atoms with E-state index < -0.39 is 6.04 Å². The van der Waals surface area contributed by atoms with Crippen molar-refractivity contribution in [2.75, 3.05) is 5.75 Å². The van der Waals surface area contributed by atoms with Gasteiger partial charge < -0.3 is 10.2 Å². The number of nitrogens with zero attached hydrogens (tertiary/aromatic N) is 1. The van der Waals surface area contributed by atoms with Crippen molar-refractivity contribution in [1.29, 1.82) is 0 Å². The van der Waals surface area contributed by atoms with E-state index in [-0.39, 0.29) is 17.9 Å². The lowest BCUT2D eigenvalue weighted by Gasteiger charge is -2.31. The van der Waals surface area contributed by atoms with Gasteiger partial charge in [-0.2, -0.15) is 0 Å². The number of benzene rings is 2. The number of hydrogen-bond acceptors (Lipinski definition) is 3. The molecule has 0 unspecified atom stereocenters. The van der Waals surface area contributed by atoms with E-state index in [4.69, 9.17) is 23.2 Å². The summed E-state index contributed by atoms with van der Waals surface area (Å²) >= 11 is 13.5. The van der Waals surface area contributed by atoms with Gasteiger partial charge in [0.2, 0.25) is 11.8 Å². The highest BCUT2D eigenvalue weighted by atomic mass is 35.5. The third kappa shape index (κ3) is 8.40. The van der Waals surface area contributed by atoms with Gasteiger partial charge in [0.15, 0.2) is 0 Å². The molecule has 2 amide bonds. The molecule has 7 heteroatoms. The zero-order chi connectivity index (χ0) is 22.8. The van der Waals surface area contributed by atoms with Gasteiger partial charge in [-0.25, -0.2) is 0 Å². The highest BCUT2D eigenvalue weighted by Crippen LogP contribution is 2.19.